The number of thiazole rings is 1. The number of aromatic nitrogens is 1. The van der Waals surface area contributed by atoms with Crippen LogP contribution in [0, 0.1) is 5.82 Å². The lowest BCUT2D eigenvalue weighted by atomic mass is 10.1. The van der Waals surface area contributed by atoms with Gasteiger partial charge in [-0.15, -0.1) is 11.3 Å². The van der Waals surface area contributed by atoms with Crippen LogP contribution in [0.3, 0.4) is 0 Å². The fourth-order valence-electron chi connectivity index (χ4n) is 2.65. The van der Waals surface area contributed by atoms with E-state index in [0.717, 1.165) is 36.0 Å². The molecule has 0 spiro atoms. The SMILES string of the molecule is O=S(=O)(NCCc1csc(N2CCCCC2)n1)c1ccc(F)cc1. The second kappa shape index (κ2) is 7.58. The molecule has 8 heteroatoms. The maximum Gasteiger partial charge on any atom is 0.240 e. The van der Waals surface area contributed by atoms with Crippen molar-refractivity contribution in [1.82, 2.24) is 9.71 Å². The first-order valence-electron chi connectivity index (χ1n) is 7.99. The van der Waals surface area contributed by atoms with Crippen molar-refractivity contribution >= 4 is 26.5 Å². The van der Waals surface area contributed by atoms with Gasteiger partial charge in [0.2, 0.25) is 10.0 Å². The molecular weight excluding hydrogens is 349 g/mol. The summed E-state index contributed by atoms with van der Waals surface area (Å²) >= 11 is 1.61. The van der Waals surface area contributed by atoms with Crippen LogP contribution in [0.5, 0.6) is 0 Å². The molecule has 0 radical (unpaired) electrons. The van der Waals surface area contributed by atoms with E-state index in [2.05, 4.69) is 14.6 Å². The first kappa shape index (κ1) is 17.3. The highest BCUT2D eigenvalue weighted by Gasteiger charge is 2.16. The number of rotatable bonds is 6. The summed E-state index contributed by atoms with van der Waals surface area (Å²) in [5.74, 6) is -0.457. The summed E-state index contributed by atoms with van der Waals surface area (Å²) in [4.78, 5) is 6.96. The molecule has 5 nitrogen and oxygen atoms in total. The molecule has 0 amide bonds. The van der Waals surface area contributed by atoms with Crippen LogP contribution in [0.2, 0.25) is 0 Å². The Morgan fingerprint density at radius 2 is 1.88 bits per heavy atom. The van der Waals surface area contributed by atoms with Crippen LogP contribution in [-0.4, -0.2) is 33.0 Å². The van der Waals surface area contributed by atoms with Crippen LogP contribution >= 0.6 is 11.3 Å². The molecule has 1 fully saturated rings. The van der Waals surface area contributed by atoms with Gasteiger partial charge in [-0.2, -0.15) is 0 Å². The quantitative estimate of drug-likeness (QED) is 0.850. The Hall–Kier alpha value is -1.51. The van der Waals surface area contributed by atoms with Crippen molar-refractivity contribution in [3.05, 3.63) is 41.2 Å². The lowest BCUT2D eigenvalue weighted by Crippen LogP contribution is -2.29. The predicted octanol–water partition coefficient (Wildman–Crippen LogP) is 2.79. The number of halogens is 1. The molecule has 24 heavy (non-hydrogen) atoms. The highest BCUT2D eigenvalue weighted by atomic mass is 32.2. The van der Waals surface area contributed by atoms with Crippen molar-refractivity contribution in [1.29, 1.82) is 0 Å². The smallest absolute Gasteiger partial charge is 0.240 e. The van der Waals surface area contributed by atoms with E-state index in [0.29, 0.717) is 6.42 Å². The van der Waals surface area contributed by atoms with Crippen molar-refractivity contribution in [2.24, 2.45) is 0 Å². The minimum Gasteiger partial charge on any atom is -0.348 e. The average molecular weight is 369 g/mol. The van der Waals surface area contributed by atoms with Gasteiger partial charge in [0.1, 0.15) is 5.82 Å². The van der Waals surface area contributed by atoms with Gasteiger partial charge < -0.3 is 4.90 Å². The minimum atomic E-state index is -3.61. The number of nitrogens with one attached hydrogen (secondary N) is 1. The Labute approximate surface area is 145 Å². The average Bonchev–Trinajstić information content (AvgIpc) is 3.05. The van der Waals surface area contributed by atoms with E-state index in [1.807, 2.05) is 5.38 Å². The monoisotopic (exact) mass is 369 g/mol. The van der Waals surface area contributed by atoms with Gasteiger partial charge in [-0.3, -0.25) is 0 Å². The molecule has 1 N–H and O–H groups in total. The van der Waals surface area contributed by atoms with Gasteiger partial charge in [0.05, 0.1) is 10.6 Å². The molecule has 130 valence electrons. The molecule has 1 aliphatic heterocycles. The largest absolute Gasteiger partial charge is 0.348 e. The zero-order chi connectivity index (χ0) is 17.0. The Morgan fingerprint density at radius 1 is 1.17 bits per heavy atom. The Kier molecular flexibility index (Phi) is 5.47. The van der Waals surface area contributed by atoms with Crippen LogP contribution < -0.4 is 9.62 Å². The summed E-state index contributed by atoms with van der Waals surface area (Å²) in [6, 6.07) is 4.80. The lowest BCUT2D eigenvalue weighted by molar-refractivity contribution is 0.575. The van der Waals surface area contributed by atoms with Gasteiger partial charge >= 0.3 is 0 Å². The fourth-order valence-corrected chi connectivity index (χ4v) is 4.60. The van der Waals surface area contributed by atoms with Crippen LogP contribution in [0.1, 0.15) is 25.0 Å². The van der Waals surface area contributed by atoms with Crippen LogP contribution in [-0.2, 0) is 16.4 Å². The van der Waals surface area contributed by atoms with Gasteiger partial charge in [0.25, 0.3) is 0 Å². The van der Waals surface area contributed by atoms with Crippen molar-refractivity contribution < 1.29 is 12.8 Å². The van der Waals surface area contributed by atoms with E-state index in [-0.39, 0.29) is 11.4 Å². The van der Waals surface area contributed by atoms with E-state index in [1.54, 1.807) is 11.3 Å². The molecule has 1 saturated heterocycles. The Morgan fingerprint density at radius 3 is 2.58 bits per heavy atom. The number of benzene rings is 1. The van der Waals surface area contributed by atoms with Crippen LogP contribution in [0.25, 0.3) is 0 Å². The van der Waals surface area contributed by atoms with E-state index < -0.39 is 15.8 Å². The molecule has 1 aromatic carbocycles. The Bertz CT molecular complexity index is 769. The summed E-state index contributed by atoms with van der Waals surface area (Å²) in [5.41, 5.74) is 0.891. The van der Waals surface area contributed by atoms with Crippen LogP contribution in [0.4, 0.5) is 9.52 Å². The van der Waals surface area contributed by atoms with Crippen LogP contribution in [0.15, 0.2) is 34.5 Å². The normalized spacial score (nSPS) is 15.6. The van der Waals surface area contributed by atoms with Gasteiger partial charge in [0.15, 0.2) is 5.13 Å². The van der Waals surface area contributed by atoms with Crippen molar-refractivity contribution in [3.8, 4) is 0 Å². The molecule has 0 atom stereocenters. The third-order valence-electron chi connectivity index (χ3n) is 3.96. The van der Waals surface area contributed by atoms with Gasteiger partial charge in [-0.25, -0.2) is 22.5 Å². The number of hydrogen-bond donors (Lipinski definition) is 1. The number of hydrogen-bond acceptors (Lipinski definition) is 5. The summed E-state index contributed by atoms with van der Waals surface area (Å²) in [6.45, 7) is 2.36. The molecule has 1 aliphatic rings. The first-order valence-corrected chi connectivity index (χ1v) is 10.4. The maximum atomic E-state index is 12.9. The molecule has 2 aromatic rings. The molecule has 0 unspecified atom stereocenters. The first-order chi connectivity index (χ1) is 11.5. The number of sulfonamides is 1. The highest BCUT2D eigenvalue weighted by molar-refractivity contribution is 7.89. The molecule has 0 aliphatic carbocycles. The third kappa shape index (κ3) is 4.31. The topological polar surface area (TPSA) is 62.3 Å². The molecule has 2 heterocycles. The van der Waals surface area contributed by atoms with Crippen molar-refractivity contribution in [2.45, 2.75) is 30.6 Å². The lowest BCUT2D eigenvalue weighted by Gasteiger charge is -2.25. The van der Waals surface area contributed by atoms with Crippen molar-refractivity contribution in [2.75, 3.05) is 24.5 Å². The highest BCUT2D eigenvalue weighted by Crippen LogP contribution is 2.24. The van der Waals surface area contributed by atoms with Gasteiger partial charge in [-0.05, 0) is 43.5 Å². The zero-order valence-electron chi connectivity index (χ0n) is 13.2. The molecular formula is C16H20FN3O2S2. The zero-order valence-corrected chi connectivity index (χ0v) is 14.9. The molecule has 3 rings (SSSR count). The summed E-state index contributed by atoms with van der Waals surface area (Å²) in [6.07, 6.45) is 4.21. The van der Waals surface area contributed by atoms with E-state index in [9.17, 15) is 12.8 Å². The summed E-state index contributed by atoms with van der Waals surface area (Å²) in [7, 11) is -3.61. The molecule has 0 saturated carbocycles. The predicted molar refractivity (Wildman–Crippen MR) is 93.5 cm³/mol. The van der Waals surface area contributed by atoms with Gasteiger partial charge in [-0.1, -0.05) is 0 Å². The second-order valence-corrected chi connectivity index (χ2v) is 8.37. The second-order valence-electron chi connectivity index (χ2n) is 5.77. The maximum absolute atomic E-state index is 12.9. The fraction of sp³-hybridized carbons (Fsp3) is 0.438. The van der Waals surface area contributed by atoms with Gasteiger partial charge in [0, 0.05) is 31.4 Å². The molecule has 1 aromatic heterocycles. The number of piperidine rings is 1. The molecule has 0 bridgehead atoms. The Balaban J connectivity index is 1.54. The standard InChI is InChI=1S/C16H20FN3O2S2/c17-13-4-6-15(7-5-13)24(21,22)18-9-8-14-12-23-16(19-14)20-10-2-1-3-11-20/h4-7,12,18H,1-3,8-11H2. The van der Waals surface area contributed by atoms with Crippen molar-refractivity contribution in [3.63, 3.8) is 0 Å². The summed E-state index contributed by atoms with van der Waals surface area (Å²) in [5, 5.41) is 3.00. The van der Waals surface area contributed by atoms with E-state index >= 15 is 0 Å². The van der Waals surface area contributed by atoms with E-state index in [1.165, 1.54) is 31.4 Å². The number of nitrogens with zero attached hydrogens (tertiary/aromatic N) is 2. The summed E-state index contributed by atoms with van der Waals surface area (Å²) < 4.78 is 39.7. The minimum absolute atomic E-state index is 0.0659. The van der Waals surface area contributed by atoms with E-state index in [4.69, 9.17) is 0 Å². The number of anilines is 1. The third-order valence-corrected chi connectivity index (χ3v) is 6.39.